The maximum Gasteiger partial charge on any atom is 0.408 e. The van der Waals surface area contributed by atoms with E-state index in [1.807, 2.05) is 0 Å². The highest BCUT2D eigenvalue weighted by molar-refractivity contribution is 5.81. The summed E-state index contributed by atoms with van der Waals surface area (Å²) in [7, 11) is 1.23. The predicted octanol–water partition coefficient (Wildman–Crippen LogP) is 1.53. The first-order chi connectivity index (χ1) is 9.81. The van der Waals surface area contributed by atoms with Crippen LogP contribution in [0.4, 0.5) is 4.79 Å². The molecule has 0 aliphatic heterocycles. The molecule has 0 bridgehead atoms. The molecule has 0 saturated heterocycles. The summed E-state index contributed by atoms with van der Waals surface area (Å²) in [6, 6.07) is 4.15. The van der Waals surface area contributed by atoms with Crippen molar-refractivity contribution in [3.63, 3.8) is 0 Å². The third-order valence-electron chi connectivity index (χ3n) is 2.21. The Labute approximate surface area is 123 Å². The number of esters is 1. The van der Waals surface area contributed by atoms with Crippen molar-refractivity contribution in [1.82, 2.24) is 10.3 Å². The number of carbonyl (C=O) groups excluding carboxylic acids is 2. The monoisotopic (exact) mass is 296 g/mol. The standard InChI is InChI=1S/C14H20N2O5/c1-14(2,3)21-13(18)16-10(12(17)19-4)9-20-11-7-5-6-8-15-11/h5-8,10H,9H2,1-4H3,(H,16,18)/t10-/m1/s1. The van der Waals surface area contributed by atoms with Gasteiger partial charge in [-0.1, -0.05) is 6.07 Å². The summed E-state index contributed by atoms with van der Waals surface area (Å²) in [6.45, 7) is 5.07. The summed E-state index contributed by atoms with van der Waals surface area (Å²) in [5.74, 6) is -0.283. The number of carbonyl (C=O) groups is 2. The van der Waals surface area contributed by atoms with E-state index in [2.05, 4.69) is 15.0 Å². The van der Waals surface area contributed by atoms with Gasteiger partial charge in [0.2, 0.25) is 5.88 Å². The van der Waals surface area contributed by atoms with Crippen molar-refractivity contribution in [3.05, 3.63) is 24.4 Å². The number of nitrogens with one attached hydrogen (secondary N) is 1. The van der Waals surface area contributed by atoms with E-state index in [1.54, 1.807) is 45.2 Å². The molecular weight excluding hydrogens is 276 g/mol. The number of hydrogen-bond donors (Lipinski definition) is 1. The Morgan fingerprint density at radius 3 is 2.57 bits per heavy atom. The molecular formula is C14H20N2O5. The zero-order valence-corrected chi connectivity index (χ0v) is 12.6. The number of methoxy groups -OCH3 is 1. The molecule has 1 amide bonds. The van der Waals surface area contributed by atoms with Gasteiger partial charge in [-0.3, -0.25) is 0 Å². The van der Waals surface area contributed by atoms with Gasteiger partial charge >= 0.3 is 12.1 Å². The van der Waals surface area contributed by atoms with Gasteiger partial charge in [0, 0.05) is 12.3 Å². The highest BCUT2D eigenvalue weighted by atomic mass is 16.6. The molecule has 0 spiro atoms. The number of amides is 1. The van der Waals surface area contributed by atoms with Gasteiger partial charge in [0.1, 0.15) is 12.2 Å². The minimum atomic E-state index is -0.980. The molecule has 1 aromatic rings. The highest BCUT2D eigenvalue weighted by Crippen LogP contribution is 2.08. The Kier molecular flexibility index (Phi) is 5.95. The molecule has 1 rings (SSSR count). The summed E-state index contributed by atoms with van der Waals surface area (Å²) >= 11 is 0. The van der Waals surface area contributed by atoms with Crippen LogP contribution in [-0.2, 0) is 14.3 Å². The maximum absolute atomic E-state index is 11.7. The van der Waals surface area contributed by atoms with E-state index in [4.69, 9.17) is 9.47 Å². The summed E-state index contributed by atoms with van der Waals surface area (Å²) in [4.78, 5) is 27.3. The molecule has 0 aromatic carbocycles. The lowest BCUT2D eigenvalue weighted by atomic mass is 10.2. The highest BCUT2D eigenvalue weighted by Gasteiger charge is 2.25. The number of aromatic nitrogens is 1. The third-order valence-corrected chi connectivity index (χ3v) is 2.21. The van der Waals surface area contributed by atoms with Gasteiger partial charge < -0.3 is 19.5 Å². The van der Waals surface area contributed by atoms with Crippen molar-refractivity contribution in [2.24, 2.45) is 0 Å². The van der Waals surface area contributed by atoms with Gasteiger partial charge in [0.05, 0.1) is 7.11 Å². The van der Waals surface area contributed by atoms with Crippen LogP contribution in [0.15, 0.2) is 24.4 Å². The first-order valence-corrected chi connectivity index (χ1v) is 6.43. The first kappa shape index (κ1) is 16.7. The number of ether oxygens (including phenoxy) is 3. The van der Waals surface area contributed by atoms with Crippen LogP contribution >= 0.6 is 0 Å². The molecule has 116 valence electrons. The van der Waals surface area contributed by atoms with Gasteiger partial charge in [0.25, 0.3) is 0 Å². The quantitative estimate of drug-likeness (QED) is 0.829. The molecule has 0 fully saturated rings. The fourth-order valence-electron chi connectivity index (χ4n) is 1.36. The van der Waals surface area contributed by atoms with Gasteiger partial charge in [0.15, 0.2) is 6.04 Å². The predicted molar refractivity (Wildman–Crippen MR) is 74.9 cm³/mol. The lowest BCUT2D eigenvalue weighted by Gasteiger charge is -2.22. The molecule has 7 nitrogen and oxygen atoms in total. The lowest BCUT2D eigenvalue weighted by Crippen LogP contribution is -2.47. The van der Waals surface area contributed by atoms with Crippen LogP contribution in [0.2, 0.25) is 0 Å². The Morgan fingerprint density at radius 2 is 2.05 bits per heavy atom. The van der Waals surface area contributed by atoms with Crippen LogP contribution in [0.25, 0.3) is 0 Å². The molecule has 0 aliphatic rings. The molecule has 7 heteroatoms. The van der Waals surface area contributed by atoms with Crippen LogP contribution < -0.4 is 10.1 Å². The maximum atomic E-state index is 11.7. The molecule has 1 N–H and O–H groups in total. The lowest BCUT2D eigenvalue weighted by molar-refractivity contribution is -0.143. The Bertz CT molecular complexity index is 470. The minimum Gasteiger partial charge on any atom is -0.475 e. The van der Waals surface area contributed by atoms with Crippen molar-refractivity contribution in [2.75, 3.05) is 13.7 Å². The molecule has 1 aromatic heterocycles. The average Bonchev–Trinajstić information content (AvgIpc) is 2.41. The second-order valence-electron chi connectivity index (χ2n) is 5.20. The molecule has 21 heavy (non-hydrogen) atoms. The van der Waals surface area contributed by atoms with E-state index in [0.29, 0.717) is 5.88 Å². The largest absolute Gasteiger partial charge is 0.475 e. The van der Waals surface area contributed by atoms with E-state index < -0.39 is 23.7 Å². The van der Waals surface area contributed by atoms with Crippen LogP contribution in [0.5, 0.6) is 5.88 Å². The summed E-state index contributed by atoms with van der Waals surface area (Å²) in [6.07, 6.45) is 0.839. The Hall–Kier alpha value is -2.31. The number of hydrogen-bond acceptors (Lipinski definition) is 6. The number of alkyl carbamates (subject to hydrolysis) is 1. The topological polar surface area (TPSA) is 86.8 Å². The second-order valence-corrected chi connectivity index (χ2v) is 5.20. The zero-order chi connectivity index (χ0) is 15.9. The fraction of sp³-hybridized carbons (Fsp3) is 0.500. The van der Waals surface area contributed by atoms with Crippen LogP contribution in [0.1, 0.15) is 20.8 Å². The third kappa shape index (κ3) is 6.60. The minimum absolute atomic E-state index is 0.108. The van der Waals surface area contributed by atoms with Gasteiger partial charge in [-0.05, 0) is 26.8 Å². The number of rotatable bonds is 5. The summed E-state index contributed by atoms with van der Waals surface area (Å²) < 4.78 is 15.0. The van der Waals surface area contributed by atoms with Crippen molar-refractivity contribution in [2.45, 2.75) is 32.4 Å². The van der Waals surface area contributed by atoms with Gasteiger partial charge in [-0.2, -0.15) is 0 Å². The zero-order valence-electron chi connectivity index (χ0n) is 12.6. The average molecular weight is 296 g/mol. The molecule has 1 heterocycles. The summed E-state index contributed by atoms with van der Waals surface area (Å²) in [5.41, 5.74) is -0.660. The van der Waals surface area contributed by atoms with Crippen molar-refractivity contribution >= 4 is 12.1 Å². The van der Waals surface area contributed by atoms with Crippen LogP contribution in [0.3, 0.4) is 0 Å². The van der Waals surface area contributed by atoms with Crippen molar-refractivity contribution < 1.29 is 23.8 Å². The molecule has 0 aliphatic carbocycles. The molecule has 0 radical (unpaired) electrons. The fourth-order valence-corrected chi connectivity index (χ4v) is 1.36. The van der Waals surface area contributed by atoms with E-state index in [9.17, 15) is 9.59 Å². The van der Waals surface area contributed by atoms with Crippen LogP contribution in [-0.4, -0.2) is 42.4 Å². The van der Waals surface area contributed by atoms with Crippen molar-refractivity contribution in [1.29, 1.82) is 0 Å². The Morgan fingerprint density at radius 1 is 1.33 bits per heavy atom. The van der Waals surface area contributed by atoms with E-state index in [1.165, 1.54) is 7.11 Å². The van der Waals surface area contributed by atoms with E-state index in [0.717, 1.165) is 0 Å². The molecule has 0 unspecified atom stereocenters. The van der Waals surface area contributed by atoms with E-state index >= 15 is 0 Å². The second kappa shape index (κ2) is 7.47. The molecule has 1 atom stereocenters. The molecule has 0 saturated carbocycles. The summed E-state index contributed by atoms with van der Waals surface area (Å²) in [5, 5.41) is 2.41. The SMILES string of the molecule is COC(=O)[C@@H](COc1ccccn1)NC(=O)OC(C)(C)C. The van der Waals surface area contributed by atoms with Gasteiger partial charge in [-0.15, -0.1) is 0 Å². The number of nitrogens with zero attached hydrogens (tertiary/aromatic N) is 1. The van der Waals surface area contributed by atoms with Gasteiger partial charge in [-0.25, -0.2) is 14.6 Å². The normalized spacial score (nSPS) is 12.2. The Balaban J connectivity index is 2.60. The number of pyridine rings is 1. The van der Waals surface area contributed by atoms with E-state index in [-0.39, 0.29) is 6.61 Å². The van der Waals surface area contributed by atoms with Crippen molar-refractivity contribution in [3.8, 4) is 5.88 Å². The van der Waals surface area contributed by atoms with Crippen LogP contribution in [0, 0.1) is 0 Å². The smallest absolute Gasteiger partial charge is 0.408 e. The first-order valence-electron chi connectivity index (χ1n) is 6.43.